The molecule has 1 aliphatic heterocycles. The largest absolute Gasteiger partial charge is 0.353 e. The van der Waals surface area contributed by atoms with Crippen LogP contribution in [0.15, 0.2) is 10.1 Å². The maximum atomic E-state index is 12.4. The van der Waals surface area contributed by atoms with Crippen LogP contribution in [0.5, 0.6) is 0 Å². The van der Waals surface area contributed by atoms with Gasteiger partial charge in [-0.2, -0.15) is 0 Å². The molecule has 108 valence electrons. The fourth-order valence-electron chi connectivity index (χ4n) is 3.60. The Morgan fingerprint density at radius 1 is 0.800 bits per heavy atom. The molecule has 9 heteroatoms. The molecule has 0 aromatic carbocycles. The summed E-state index contributed by atoms with van der Waals surface area (Å²) in [4.78, 5) is 21.4. The number of Topliss-reactive ketones (excluding diaryl/α,β-unsaturated/α-hetero) is 2. The lowest BCUT2D eigenvalue weighted by molar-refractivity contribution is -0.135. The zero-order chi connectivity index (χ0) is 14.8. The summed E-state index contributed by atoms with van der Waals surface area (Å²) in [6.07, 6.45) is -1.60. The Morgan fingerprint density at radius 2 is 1.15 bits per heavy atom. The van der Waals surface area contributed by atoms with E-state index < -0.39 is 38.1 Å². The molecule has 20 heavy (non-hydrogen) atoms. The van der Waals surface area contributed by atoms with E-state index in [-0.39, 0.29) is 21.6 Å². The van der Waals surface area contributed by atoms with Crippen LogP contribution in [0.4, 0.5) is 0 Å². The molecule has 3 fully saturated rings. The Bertz CT molecular complexity index is 580. The van der Waals surface area contributed by atoms with Crippen LogP contribution in [0.2, 0.25) is 0 Å². The standard InChI is InChI=1S/C11H4Cl6O3/c12-7-8(13)10(15)2-1(9(7,14)11(10,16)17)3(18)5-6(20-5)4(2)19/h1-2,5-6H/t1-,2-,5-,6+,9-,10+/m0/s1. The lowest BCUT2D eigenvalue weighted by Gasteiger charge is -2.36. The Morgan fingerprint density at radius 3 is 1.50 bits per heavy atom. The van der Waals surface area contributed by atoms with Crippen LogP contribution < -0.4 is 0 Å². The molecule has 2 bridgehead atoms. The first-order valence-corrected chi connectivity index (χ1v) is 7.93. The lowest BCUT2D eigenvalue weighted by Crippen LogP contribution is -2.51. The minimum atomic E-state index is -1.87. The van der Waals surface area contributed by atoms with Crippen LogP contribution in [-0.4, -0.2) is 37.9 Å². The van der Waals surface area contributed by atoms with E-state index in [1.54, 1.807) is 0 Å². The molecule has 6 atom stereocenters. The van der Waals surface area contributed by atoms with Crippen molar-refractivity contribution in [3.63, 3.8) is 0 Å². The monoisotopic (exact) mass is 394 g/mol. The molecule has 0 spiro atoms. The topological polar surface area (TPSA) is 46.7 Å². The highest BCUT2D eigenvalue weighted by Gasteiger charge is 2.88. The molecule has 2 saturated carbocycles. The summed E-state index contributed by atoms with van der Waals surface area (Å²) in [7, 11) is 0. The minimum Gasteiger partial charge on any atom is -0.353 e. The Hall–Kier alpha value is 0.780. The van der Waals surface area contributed by atoms with Crippen molar-refractivity contribution in [1.82, 2.24) is 0 Å². The van der Waals surface area contributed by atoms with Gasteiger partial charge in [-0.25, -0.2) is 0 Å². The van der Waals surface area contributed by atoms with E-state index in [9.17, 15) is 9.59 Å². The molecule has 0 aromatic heterocycles. The normalized spacial score (nSPS) is 55.1. The summed E-state index contributed by atoms with van der Waals surface area (Å²) >= 11 is 37.9. The van der Waals surface area contributed by atoms with Crippen LogP contribution in [0.1, 0.15) is 0 Å². The van der Waals surface area contributed by atoms with Gasteiger partial charge in [0.15, 0.2) is 28.1 Å². The number of epoxide rings is 1. The van der Waals surface area contributed by atoms with Crippen molar-refractivity contribution in [2.75, 3.05) is 0 Å². The molecule has 0 N–H and O–H groups in total. The quantitative estimate of drug-likeness (QED) is 0.467. The Balaban J connectivity index is 2.03. The predicted molar refractivity (Wildman–Crippen MR) is 76.0 cm³/mol. The van der Waals surface area contributed by atoms with Gasteiger partial charge in [0.05, 0.1) is 21.9 Å². The maximum absolute atomic E-state index is 12.4. The van der Waals surface area contributed by atoms with E-state index >= 15 is 0 Å². The van der Waals surface area contributed by atoms with Gasteiger partial charge in [-0.15, -0.1) is 23.2 Å². The van der Waals surface area contributed by atoms with Gasteiger partial charge in [-0.3, -0.25) is 9.59 Å². The molecule has 1 saturated heterocycles. The lowest BCUT2D eigenvalue weighted by atomic mass is 9.71. The first kappa shape index (κ1) is 14.4. The maximum Gasteiger partial charge on any atom is 0.170 e. The number of alkyl halides is 4. The number of halogens is 6. The van der Waals surface area contributed by atoms with Crippen LogP contribution in [0, 0.1) is 11.8 Å². The number of allylic oxidation sites excluding steroid dienone is 2. The fraction of sp³-hybridized carbons (Fsp3) is 0.636. The van der Waals surface area contributed by atoms with E-state index in [1.807, 2.05) is 0 Å². The Labute approximate surface area is 143 Å². The van der Waals surface area contributed by atoms with Crippen LogP contribution in [0.3, 0.4) is 0 Å². The summed E-state index contributed by atoms with van der Waals surface area (Å²) in [5.74, 6) is -2.79. The van der Waals surface area contributed by atoms with Crippen molar-refractivity contribution < 1.29 is 14.3 Å². The Kier molecular flexibility index (Phi) is 2.62. The zero-order valence-corrected chi connectivity index (χ0v) is 13.8. The SMILES string of the molecule is O=C1[C@H]2O[C@H]2C(=O)[C@@H]2[C@@H]1[C@@]1(Cl)C(Cl)=C(Cl)[C@]2(Cl)C1(Cl)Cl. The molecular formula is C11H4Cl6O3. The summed E-state index contributed by atoms with van der Waals surface area (Å²) in [6.45, 7) is 0. The van der Waals surface area contributed by atoms with Crippen molar-refractivity contribution in [3.05, 3.63) is 10.1 Å². The zero-order valence-electron chi connectivity index (χ0n) is 9.30. The van der Waals surface area contributed by atoms with Crippen LogP contribution in [-0.2, 0) is 14.3 Å². The second-order valence-corrected chi connectivity index (χ2v) is 8.64. The van der Waals surface area contributed by atoms with E-state index in [0.29, 0.717) is 0 Å². The molecule has 0 radical (unpaired) electrons. The van der Waals surface area contributed by atoms with Crippen LogP contribution >= 0.6 is 69.6 Å². The minimum absolute atomic E-state index is 0.0812. The summed E-state index contributed by atoms with van der Waals surface area (Å²) in [5, 5.41) is -0.162. The van der Waals surface area contributed by atoms with E-state index in [1.165, 1.54) is 0 Å². The van der Waals surface area contributed by atoms with E-state index in [4.69, 9.17) is 74.3 Å². The van der Waals surface area contributed by atoms with Crippen LogP contribution in [0.25, 0.3) is 0 Å². The molecular weight excluding hydrogens is 393 g/mol. The molecule has 0 unspecified atom stereocenters. The third-order valence-electron chi connectivity index (χ3n) is 4.60. The number of carbonyl (C=O) groups is 2. The second kappa shape index (κ2) is 3.64. The van der Waals surface area contributed by atoms with Gasteiger partial charge >= 0.3 is 0 Å². The van der Waals surface area contributed by atoms with Gasteiger partial charge in [0, 0.05) is 0 Å². The third-order valence-corrected chi connectivity index (χ3v) is 8.86. The van der Waals surface area contributed by atoms with Crippen molar-refractivity contribution in [3.8, 4) is 0 Å². The number of ether oxygens (including phenoxy) is 1. The van der Waals surface area contributed by atoms with Gasteiger partial charge in [0.25, 0.3) is 0 Å². The number of fused-ring (bicyclic) bond motifs is 6. The van der Waals surface area contributed by atoms with Gasteiger partial charge in [0.1, 0.15) is 9.75 Å². The first-order valence-electron chi connectivity index (χ1n) is 5.66. The number of rotatable bonds is 0. The number of hydrogen-bond acceptors (Lipinski definition) is 3. The number of ketones is 2. The average Bonchev–Trinajstić information content (AvgIpc) is 3.14. The van der Waals surface area contributed by atoms with Gasteiger partial charge in [0.2, 0.25) is 0 Å². The molecule has 0 amide bonds. The van der Waals surface area contributed by atoms with Gasteiger partial charge < -0.3 is 4.74 Å². The summed E-state index contributed by atoms with van der Waals surface area (Å²) < 4.78 is 3.22. The summed E-state index contributed by atoms with van der Waals surface area (Å²) in [5.41, 5.74) is 0. The van der Waals surface area contributed by atoms with Crippen molar-refractivity contribution in [1.29, 1.82) is 0 Å². The highest BCUT2D eigenvalue weighted by Crippen LogP contribution is 2.77. The molecule has 3 nitrogen and oxygen atoms in total. The van der Waals surface area contributed by atoms with Gasteiger partial charge in [-0.05, 0) is 0 Å². The predicted octanol–water partition coefficient (Wildman–Crippen LogP) is 2.98. The third kappa shape index (κ3) is 1.12. The van der Waals surface area contributed by atoms with Crippen molar-refractivity contribution in [2.45, 2.75) is 26.3 Å². The van der Waals surface area contributed by atoms with E-state index in [0.717, 1.165) is 0 Å². The van der Waals surface area contributed by atoms with Crippen molar-refractivity contribution in [2.24, 2.45) is 11.8 Å². The highest BCUT2D eigenvalue weighted by molar-refractivity contribution is 6.66. The van der Waals surface area contributed by atoms with Gasteiger partial charge in [-0.1, -0.05) is 46.4 Å². The fourth-order valence-corrected chi connectivity index (χ4v) is 6.56. The second-order valence-electron chi connectivity index (χ2n) is 5.36. The van der Waals surface area contributed by atoms with Crippen molar-refractivity contribution >= 4 is 81.2 Å². The molecule has 1 heterocycles. The number of carbonyl (C=O) groups excluding carboxylic acids is 2. The molecule has 4 rings (SSSR count). The average molecular weight is 397 g/mol. The first-order chi connectivity index (χ1) is 9.11. The summed E-state index contributed by atoms with van der Waals surface area (Å²) in [6, 6.07) is 0. The van der Waals surface area contributed by atoms with E-state index in [2.05, 4.69) is 0 Å². The molecule has 0 aromatic rings. The smallest absolute Gasteiger partial charge is 0.170 e. The highest BCUT2D eigenvalue weighted by atomic mass is 35.5. The number of hydrogen-bond donors (Lipinski definition) is 0. The molecule has 4 aliphatic rings. The molecule has 3 aliphatic carbocycles.